The smallest absolute Gasteiger partial charge is 0.352 e. The van der Waals surface area contributed by atoms with E-state index in [1.807, 2.05) is 0 Å². The lowest BCUT2D eigenvalue weighted by Crippen LogP contribution is -2.71. The number of carbonyl (C=O) groups excluding carboxylic acids is 3. The van der Waals surface area contributed by atoms with Crippen molar-refractivity contribution < 1.29 is 33.9 Å². The molecule has 5 N–H and O–H groups in total. The molecule has 35 heavy (non-hydrogen) atoms. The van der Waals surface area contributed by atoms with Crippen LogP contribution in [0.15, 0.2) is 28.0 Å². The standard InChI is InChI=1S/C18H18N8O7S2/c1-7(27)32-3-8-5-34-16-12(15(29)26(16)13(8)17(30)31)22-14(28)11(10-6-35-18(19)21-10)24-33-4-9-2-20-25-23-9/h2,6,12,16H,3-5H2,1H3,(H2,19,21)(H,22,28)(H,30,31)(H,20,23,25)/b24-11-/t12-,16-/m1/s1. The average molecular weight is 523 g/mol. The van der Waals surface area contributed by atoms with Gasteiger partial charge in [0.2, 0.25) is 0 Å². The zero-order chi connectivity index (χ0) is 25.1. The highest BCUT2D eigenvalue weighted by Gasteiger charge is 2.54. The number of nitrogens with zero attached hydrogens (tertiary/aromatic N) is 5. The quantitative estimate of drug-likeness (QED) is 0.136. The second-order valence-corrected chi connectivity index (χ2v) is 9.14. The Balaban J connectivity index is 1.49. The topological polar surface area (TPSA) is 215 Å². The highest BCUT2D eigenvalue weighted by Crippen LogP contribution is 2.40. The van der Waals surface area contributed by atoms with Crippen molar-refractivity contribution in [1.29, 1.82) is 0 Å². The summed E-state index contributed by atoms with van der Waals surface area (Å²) < 4.78 is 4.91. The van der Waals surface area contributed by atoms with Gasteiger partial charge in [-0.15, -0.1) is 23.1 Å². The molecular weight excluding hydrogens is 504 g/mol. The molecule has 2 aliphatic rings. The van der Waals surface area contributed by atoms with Crippen LogP contribution in [-0.4, -0.2) is 83.6 Å². The largest absolute Gasteiger partial charge is 0.477 e. The number of thiazole rings is 1. The maximum atomic E-state index is 13.0. The molecule has 15 nitrogen and oxygen atoms in total. The van der Waals surface area contributed by atoms with E-state index in [9.17, 15) is 24.3 Å². The van der Waals surface area contributed by atoms with Gasteiger partial charge in [-0.3, -0.25) is 19.3 Å². The van der Waals surface area contributed by atoms with Crippen LogP contribution in [0, 0.1) is 0 Å². The Morgan fingerprint density at radius 2 is 2.20 bits per heavy atom. The fourth-order valence-corrected chi connectivity index (χ4v) is 5.13. The zero-order valence-corrected chi connectivity index (χ0v) is 19.6. The third-order valence-corrected chi connectivity index (χ3v) is 6.81. The first kappa shape index (κ1) is 24.1. The van der Waals surface area contributed by atoms with E-state index in [2.05, 4.69) is 30.9 Å². The van der Waals surface area contributed by atoms with Crippen LogP contribution < -0.4 is 11.1 Å². The van der Waals surface area contributed by atoms with Gasteiger partial charge in [-0.25, -0.2) is 9.78 Å². The number of anilines is 1. The Kier molecular flexibility index (Phi) is 6.97. The summed E-state index contributed by atoms with van der Waals surface area (Å²) in [6.07, 6.45) is 1.42. The molecule has 4 heterocycles. The molecule has 1 fully saturated rings. The van der Waals surface area contributed by atoms with Crippen LogP contribution in [0.3, 0.4) is 0 Å². The number of H-pyrrole nitrogens is 1. The average Bonchev–Trinajstić information content (AvgIpc) is 3.49. The maximum absolute atomic E-state index is 13.0. The van der Waals surface area contributed by atoms with E-state index in [0.717, 1.165) is 16.2 Å². The first-order valence-corrected chi connectivity index (χ1v) is 11.8. The minimum atomic E-state index is -1.34. The molecule has 0 radical (unpaired) electrons. The fourth-order valence-electron chi connectivity index (χ4n) is 3.25. The van der Waals surface area contributed by atoms with E-state index in [4.69, 9.17) is 15.3 Å². The number of aliphatic carboxylic acids is 1. The molecule has 0 aromatic carbocycles. The first-order valence-electron chi connectivity index (χ1n) is 9.86. The minimum absolute atomic E-state index is 0.0839. The number of hydrogen-bond donors (Lipinski definition) is 4. The van der Waals surface area contributed by atoms with Crippen LogP contribution in [0.25, 0.3) is 0 Å². The molecule has 2 aliphatic heterocycles. The molecular formula is C18H18N8O7S2. The van der Waals surface area contributed by atoms with Crippen molar-refractivity contribution in [3.63, 3.8) is 0 Å². The highest BCUT2D eigenvalue weighted by molar-refractivity contribution is 8.00. The SMILES string of the molecule is CC(=O)OCC1=C(C(=O)O)N2C(=O)[C@@H](NC(=O)/C(=N\OCc3cn[nH]n3)c3csc(N)n3)[C@H]2SC1. The van der Waals surface area contributed by atoms with E-state index in [-0.39, 0.29) is 46.8 Å². The number of amides is 2. The normalized spacial score (nSPS) is 19.6. The van der Waals surface area contributed by atoms with Crippen molar-refractivity contribution in [2.24, 2.45) is 5.16 Å². The number of carboxylic acids is 1. The number of hydrogen-bond acceptors (Lipinski definition) is 13. The molecule has 0 unspecified atom stereocenters. The molecule has 0 bridgehead atoms. The summed E-state index contributed by atoms with van der Waals surface area (Å²) in [5.74, 6) is -3.11. The van der Waals surface area contributed by atoms with Crippen molar-refractivity contribution >= 4 is 57.7 Å². The number of ether oxygens (including phenoxy) is 1. The van der Waals surface area contributed by atoms with Gasteiger partial charge in [-0.2, -0.15) is 15.4 Å². The number of esters is 1. The van der Waals surface area contributed by atoms with Gasteiger partial charge in [-0.1, -0.05) is 5.16 Å². The molecule has 0 saturated carbocycles. The van der Waals surface area contributed by atoms with Gasteiger partial charge in [0.25, 0.3) is 11.8 Å². The van der Waals surface area contributed by atoms with Gasteiger partial charge >= 0.3 is 11.9 Å². The third kappa shape index (κ3) is 5.09. The Hall–Kier alpha value is -3.99. The van der Waals surface area contributed by atoms with Crippen molar-refractivity contribution in [2.45, 2.75) is 24.9 Å². The molecule has 1 saturated heterocycles. The number of rotatable bonds is 9. The first-order chi connectivity index (χ1) is 16.8. The van der Waals surface area contributed by atoms with Crippen LogP contribution in [0.1, 0.15) is 18.3 Å². The van der Waals surface area contributed by atoms with Gasteiger partial charge in [0, 0.05) is 23.6 Å². The minimum Gasteiger partial charge on any atom is -0.477 e. The van der Waals surface area contributed by atoms with Crippen LogP contribution >= 0.6 is 23.1 Å². The Morgan fingerprint density at radius 1 is 1.40 bits per heavy atom. The van der Waals surface area contributed by atoms with Gasteiger partial charge in [0.15, 0.2) is 17.5 Å². The number of carbonyl (C=O) groups is 4. The number of aromatic nitrogens is 4. The van der Waals surface area contributed by atoms with Crippen molar-refractivity contribution in [1.82, 2.24) is 30.6 Å². The fraction of sp³-hybridized carbons (Fsp3) is 0.333. The monoisotopic (exact) mass is 522 g/mol. The van der Waals surface area contributed by atoms with Crippen LogP contribution in [0.2, 0.25) is 0 Å². The zero-order valence-electron chi connectivity index (χ0n) is 18.0. The summed E-state index contributed by atoms with van der Waals surface area (Å²) in [5.41, 5.74) is 6.05. The van der Waals surface area contributed by atoms with Gasteiger partial charge in [0.1, 0.15) is 35.1 Å². The molecule has 0 spiro atoms. The summed E-state index contributed by atoms with van der Waals surface area (Å²) >= 11 is 2.32. The lowest BCUT2D eigenvalue weighted by atomic mass is 10.0. The number of thioether (sulfide) groups is 1. The lowest BCUT2D eigenvalue weighted by Gasteiger charge is -2.49. The summed E-state index contributed by atoms with van der Waals surface area (Å²) in [6, 6.07) is -1.02. The van der Waals surface area contributed by atoms with Crippen LogP contribution in [-0.2, 0) is 35.4 Å². The number of nitrogens with two attached hydrogens (primary N) is 1. The molecule has 2 aromatic heterocycles. The molecule has 184 valence electrons. The predicted octanol–water partition coefficient (Wildman–Crippen LogP) is -0.934. The Labute approximate surface area is 204 Å². The summed E-state index contributed by atoms with van der Waals surface area (Å²) in [5, 5.41) is 27.0. The van der Waals surface area contributed by atoms with Gasteiger partial charge in [-0.05, 0) is 0 Å². The summed E-state index contributed by atoms with van der Waals surface area (Å²) in [4.78, 5) is 59.1. The molecule has 2 atom stereocenters. The number of carboxylic acid groups (broad SMARTS) is 1. The predicted molar refractivity (Wildman–Crippen MR) is 121 cm³/mol. The van der Waals surface area contributed by atoms with Crippen molar-refractivity contribution in [2.75, 3.05) is 18.1 Å². The maximum Gasteiger partial charge on any atom is 0.352 e. The number of fused-ring (bicyclic) bond motifs is 1. The van der Waals surface area contributed by atoms with E-state index in [0.29, 0.717) is 5.69 Å². The molecule has 17 heteroatoms. The molecule has 0 aliphatic carbocycles. The third-order valence-electron chi connectivity index (χ3n) is 4.80. The number of aromatic amines is 1. The van der Waals surface area contributed by atoms with E-state index in [1.54, 1.807) is 0 Å². The molecule has 4 rings (SSSR count). The summed E-state index contributed by atoms with van der Waals surface area (Å²) in [7, 11) is 0. The Morgan fingerprint density at radius 3 is 2.83 bits per heavy atom. The van der Waals surface area contributed by atoms with Crippen LogP contribution in [0.5, 0.6) is 0 Å². The lowest BCUT2D eigenvalue weighted by molar-refractivity contribution is -0.150. The van der Waals surface area contributed by atoms with E-state index >= 15 is 0 Å². The number of nitrogens with one attached hydrogen (secondary N) is 2. The van der Waals surface area contributed by atoms with Gasteiger partial charge in [0.05, 0.1) is 6.20 Å². The van der Waals surface area contributed by atoms with Crippen molar-refractivity contribution in [3.8, 4) is 0 Å². The second kappa shape index (κ2) is 10.1. The molecule has 2 aromatic rings. The number of nitrogen functional groups attached to an aromatic ring is 1. The second-order valence-electron chi connectivity index (χ2n) is 7.14. The van der Waals surface area contributed by atoms with E-state index in [1.165, 1.54) is 30.3 Å². The van der Waals surface area contributed by atoms with Crippen LogP contribution in [0.4, 0.5) is 5.13 Å². The number of oxime groups is 1. The number of β-lactam (4-membered cyclic amide) rings is 1. The van der Waals surface area contributed by atoms with Gasteiger partial charge < -0.3 is 25.7 Å². The summed E-state index contributed by atoms with van der Waals surface area (Å²) in [6.45, 7) is 0.867. The van der Waals surface area contributed by atoms with E-state index < -0.39 is 35.2 Å². The Bertz CT molecular complexity index is 1230. The highest BCUT2D eigenvalue weighted by atomic mass is 32.2. The molecule has 2 amide bonds. The van der Waals surface area contributed by atoms with Crippen molar-refractivity contribution in [3.05, 3.63) is 34.2 Å².